The highest BCUT2D eigenvalue weighted by atomic mass is 16.4. The van der Waals surface area contributed by atoms with Crippen molar-refractivity contribution in [2.75, 3.05) is 13.1 Å². The van der Waals surface area contributed by atoms with Crippen LogP contribution in [-0.4, -0.2) is 36.4 Å². The lowest BCUT2D eigenvalue weighted by Gasteiger charge is -2.30. The Morgan fingerprint density at radius 1 is 1.69 bits per heavy atom. The monoisotopic (exact) mass is 180 g/mol. The third-order valence-electron chi connectivity index (χ3n) is 2.62. The number of rotatable bonds is 1. The smallest absolute Gasteiger partial charge is 0.320 e. The second-order valence-electron chi connectivity index (χ2n) is 3.46. The van der Waals surface area contributed by atoms with Crippen LogP contribution in [0.5, 0.6) is 0 Å². The fourth-order valence-electron chi connectivity index (χ4n) is 1.82. The Hall–Kier alpha value is -1.16. The molecule has 0 aromatic heterocycles. The number of hydrogen-bond donors (Lipinski definition) is 2. The lowest BCUT2D eigenvalue weighted by molar-refractivity contribution is -0.140. The number of aliphatic carboxylic acids is 1. The molecule has 13 heavy (non-hydrogen) atoms. The number of piperidine rings is 1. The van der Waals surface area contributed by atoms with Crippen LogP contribution in [0.4, 0.5) is 0 Å². The van der Waals surface area contributed by atoms with Crippen molar-refractivity contribution < 1.29 is 9.90 Å². The normalized spacial score (nSPS) is 32.2. The van der Waals surface area contributed by atoms with Crippen LogP contribution in [0.2, 0.25) is 0 Å². The Morgan fingerprint density at radius 2 is 2.54 bits per heavy atom. The molecular formula is C9H12N2O2. The summed E-state index contributed by atoms with van der Waals surface area (Å²) in [5.74, 6) is -0.416. The van der Waals surface area contributed by atoms with E-state index < -0.39 is 12.0 Å². The molecular weight excluding hydrogens is 168 g/mol. The fourth-order valence-corrected chi connectivity index (χ4v) is 1.82. The molecule has 0 spiro atoms. The Labute approximate surface area is 76.4 Å². The second-order valence-corrected chi connectivity index (χ2v) is 3.46. The van der Waals surface area contributed by atoms with Crippen LogP contribution in [-0.2, 0) is 4.79 Å². The zero-order valence-electron chi connectivity index (χ0n) is 7.23. The van der Waals surface area contributed by atoms with Gasteiger partial charge in [0, 0.05) is 25.2 Å². The molecule has 1 fully saturated rings. The summed E-state index contributed by atoms with van der Waals surface area (Å²) in [5.41, 5.74) is 1.28. The number of carboxylic acid groups (broad SMARTS) is 1. The summed E-state index contributed by atoms with van der Waals surface area (Å²) in [6, 6.07) is -0.393. The summed E-state index contributed by atoms with van der Waals surface area (Å²) in [5, 5.41) is 11.8. The SMILES string of the molecule is O=C(O)C1CC2CN=CC=C2CN1. The lowest BCUT2D eigenvalue weighted by atomic mass is 9.87. The largest absolute Gasteiger partial charge is 0.480 e. The Balaban J connectivity index is 2.07. The molecule has 1 saturated heterocycles. The van der Waals surface area contributed by atoms with E-state index in [0.29, 0.717) is 18.9 Å². The first-order valence-electron chi connectivity index (χ1n) is 4.42. The van der Waals surface area contributed by atoms with E-state index in [1.54, 1.807) is 6.21 Å². The van der Waals surface area contributed by atoms with Gasteiger partial charge in [-0.15, -0.1) is 0 Å². The highest BCUT2D eigenvalue weighted by Gasteiger charge is 2.29. The molecule has 2 rings (SSSR count). The van der Waals surface area contributed by atoms with E-state index in [2.05, 4.69) is 10.3 Å². The van der Waals surface area contributed by atoms with Gasteiger partial charge in [-0.1, -0.05) is 0 Å². The minimum absolute atomic E-state index is 0.340. The van der Waals surface area contributed by atoms with E-state index in [4.69, 9.17) is 5.11 Å². The van der Waals surface area contributed by atoms with Crippen molar-refractivity contribution in [3.05, 3.63) is 11.6 Å². The van der Waals surface area contributed by atoms with Crippen LogP contribution in [0.1, 0.15) is 6.42 Å². The van der Waals surface area contributed by atoms with Gasteiger partial charge in [0.1, 0.15) is 6.04 Å². The molecule has 0 amide bonds. The molecule has 0 aromatic carbocycles. The zero-order valence-corrected chi connectivity index (χ0v) is 7.23. The van der Waals surface area contributed by atoms with Gasteiger partial charge in [-0.25, -0.2) is 0 Å². The summed E-state index contributed by atoms with van der Waals surface area (Å²) in [7, 11) is 0. The number of carboxylic acids is 1. The minimum atomic E-state index is -0.756. The average Bonchev–Trinajstić information content (AvgIpc) is 2.17. The summed E-state index contributed by atoms with van der Waals surface area (Å²) in [6.45, 7) is 1.44. The van der Waals surface area contributed by atoms with Crippen LogP contribution in [0.3, 0.4) is 0 Å². The predicted octanol–water partition coefficient (Wildman–Crippen LogP) is 0.0599. The van der Waals surface area contributed by atoms with Gasteiger partial charge >= 0.3 is 5.97 Å². The Morgan fingerprint density at radius 3 is 3.31 bits per heavy atom. The molecule has 0 radical (unpaired) electrons. The molecule has 4 heteroatoms. The van der Waals surface area contributed by atoms with Crippen molar-refractivity contribution in [2.45, 2.75) is 12.5 Å². The number of dihydropyridines is 1. The van der Waals surface area contributed by atoms with Gasteiger partial charge in [-0.2, -0.15) is 0 Å². The molecule has 2 heterocycles. The highest BCUT2D eigenvalue weighted by molar-refractivity contribution is 5.76. The van der Waals surface area contributed by atoms with Gasteiger partial charge in [0.05, 0.1) is 0 Å². The molecule has 70 valence electrons. The summed E-state index contributed by atoms with van der Waals surface area (Å²) in [6.07, 6.45) is 4.45. The molecule has 2 N–H and O–H groups in total. The van der Waals surface area contributed by atoms with E-state index >= 15 is 0 Å². The molecule has 0 bridgehead atoms. The first-order chi connectivity index (χ1) is 6.27. The van der Waals surface area contributed by atoms with E-state index in [-0.39, 0.29) is 0 Å². The van der Waals surface area contributed by atoms with Crippen molar-refractivity contribution in [1.82, 2.24) is 5.32 Å². The van der Waals surface area contributed by atoms with E-state index in [1.807, 2.05) is 6.08 Å². The fraction of sp³-hybridized carbons (Fsp3) is 0.556. The van der Waals surface area contributed by atoms with Crippen molar-refractivity contribution in [2.24, 2.45) is 10.9 Å². The second kappa shape index (κ2) is 3.30. The number of allylic oxidation sites excluding steroid dienone is 1. The third kappa shape index (κ3) is 1.62. The van der Waals surface area contributed by atoms with Crippen LogP contribution in [0.15, 0.2) is 16.6 Å². The first-order valence-corrected chi connectivity index (χ1v) is 4.42. The lowest BCUT2D eigenvalue weighted by Crippen LogP contribution is -2.45. The van der Waals surface area contributed by atoms with Crippen LogP contribution >= 0.6 is 0 Å². The summed E-state index contributed by atoms with van der Waals surface area (Å²) >= 11 is 0. The molecule has 0 aliphatic carbocycles. The highest BCUT2D eigenvalue weighted by Crippen LogP contribution is 2.23. The maximum absolute atomic E-state index is 10.7. The number of fused-ring (bicyclic) bond motifs is 1. The van der Waals surface area contributed by atoms with Gasteiger partial charge in [0.15, 0.2) is 0 Å². The number of aliphatic imine (C=N–C) groups is 1. The zero-order chi connectivity index (χ0) is 9.26. The molecule has 4 nitrogen and oxygen atoms in total. The van der Waals surface area contributed by atoms with E-state index in [9.17, 15) is 4.79 Å². The predicted molar refractivity (Wildman–Crippen MR) is 49.0 cm³/mol. The van der Waals surface area contributed by atoms with E-state index in [0.717, 1.165) is 6.54 Å². The number of hydrogen-bond acceptors (Lipinski definition) is 3. The average molecular weight is 180 g/mol. The molecule has 2 atom stereocenters. The van der Waals surface area contributed by atoms with Crippen molar-refractivity contribution in [3.63, 3.8) is 0 Å². The van der Waals surface area contributed by atoms with E-state index in [1.165, 1.54) is 5.57 Å². The van der Waals surface area contributed by atoms with Gasteiger partial charge in [0.25, 0.3) is 0 Å². The van der Waals surface area contributed by atoms with Crippen molar-refractivity contribution in [3.8, 4) is 0 Å². The maximum atomic E-state index is 10.7. The Bertz CT molecular complexity index is 283. The quantitative estimate of drug-likeness (QED) is 0.599. The topological polar surface area (TPSA) is 61.7 Å². The summed E-state index contributed by atoms with van der Waals surface area (Å²) < 4.78 is 0. The van der Waals surface area contributed by atoms with Crippen molar-refractivity contribution in [1.29, 1.82) is 0 Å². The minimum Gasteiger partial charge on any atom is -0.480 e. The van der Waals surface area contributed by atoms with Crippen LogP contribution in [0.25, 0.3) is 0 Å². The van der Waals surface area contributed by atoms with Gasteiger partial charge in [-0.05, 0) is 18.1 Å². The molecule has 2 unspecified atom stereocenters. The molecule has 0 saturated carbocycles. The van der Waals surface area contributed by atoms with Gasteiger partial charge < -0.3 is 10.4 Å². The van der Waals surface area contributed by atoms with Gasteiger partial charge in [-0.3, -0.25) is 9.79 Å². The van der Waals surface area contributed by atoms with Crippen LogP contribution < -0.4 is 5.32 Å². The summed E-state index contributed by atoms with van der Waals surface area (Å²) in [4.78, 5) is 14.8. The number of carbonyl (C=O) groups is 1. The molecule has 0 aromatic rings. The van der Waals surface area contributed by atoms with Crippen LogP contribution in [0, 0.1) is 5.92 Å². The molecule has 2 aliphatic heterocycles. The Kier molecular flexibility index (Phi) is 2.14. The number of nitrogens with zero attached hydrogens (tertiary/aromatic N) is 1. The number of nitrogens with one attached hydrogen (secondary N) is 1. The van der Waals surface area contributed by atoms with Gasteiger partial charge in [0.2, 0.25) is 0 Å². The maximum Gasteiger partial charge on any atom is 0.320 e. The molecule has 2 aliphatic rings. The standard InChI is InChI=1S/C9H12N2O2/c12-9(13)8-3-7-4-10-2-1-6(7)5-11-8/h1-2,7-8,11H,3-5H2,(H,12,13). The third-order valence-corrected chi connectivity index (χ3v) is 2.62. The first kappa shape index (κ1) is 8.44. The van der Waals surface area contributed by atoms with Crippen molar-refractivity contribution >= 4 is 12.2 Å².